The molecule has 0 heterocycles. The maximum atomic E-state index is 13.7. The summed E-state index contributed by atoms with van der Waals surface area (Å²) in [5.41, 5.74) is 6.33. The van der Waals surface area contributed by atoms with Gasteiger partial charge in [-0.3, -0.25) is 4.99 Å². The second-order valence-electron chi connectivity index (χ2n) is 4.49. The van der Waals surface area contributed by atoms with Gasteiger partial charge in [0.1, 0.15) is 5.82 Å². The summed E-state index contributed by atoms with van der Waals surface area (Å²) < 4.78 is 13.7. The first-order chi connectivity index (χ1) is 8.18. The maximum Gasteiger partial charge on any atom is 0.188 e. The number of hydrogen-bond acceptors (Lipinski definition) is 1. The van der Waals surface area contributed by atoms with E-state index in [1.807, 2.05) is 19.1 Å². The molecule has 0 unspecified atom stereocenters. The summed E-state index contributed by atoms with van der Waals surface area (Å²) in [6.07, 6.45) is 1.97. The SMILES string of the molecule is CCNC(N)=NCC1(c2ccccc2F)CC1. The van der Waals surface area contributed by atoms with Crippen LogP contribution < -0.4 is 11.1 Å². The van der Waals surface area contributed by atoms with E-state index < -0.39 is 0 Å². The monoisotopic (exact) mass is 235 g/mol. The van der Waals surface area contributed by atoms with Crippen molar-refractivity contribution in [1.82, 2.24) is 5.32 Å². The van der Waals surface area contributed by atoms with Crippen molar-refractivity contribution in [3.05, 3.63) is 35.6 Å². The number of nitrogens with two attached hydrogens (primary N) is 1. The number of nitrogens with zero attached hydrogens (tertiary/aromatic N) is 1. The van der Waals surface area contributed by atoms with Crippen molar-refractivity contribution in [2.24, 2.45) is 10.7 Å². The summed E-state index contributed by atoms with van der Waals surface area (Å²) in [4.78, 5) is 4.28. The van der Waals surface area contributed by atoms with E-state index in [1.165, 1.54) is 6.07 Å². The fraction of sp³-hybridized carbons (Fsp3) is 0.462. The highest BCUT2D eigenvalue weighted by atomic mass is 19.1. The van der Waals surface area contributed by atoms with Crippen LogP contribution in [-0.2, 0) is 5.41 Å². The van der Waals surface area contributed by atoms with Crippen molar-refractivity contribution >= 4 is 5.96 Å². The number of hydrogen-bond donors (Lipinski definition) is 2. The van der Waals surface area contributed by atoms with E-state index in [2.05, 4.69) is 10.3 Å². The van der Waals surface area contributed by atoms with Crippen molar-refractivity contribution < 1.29 is 4.39 Å². The van der Waals surface area contributed by atoms with E-state index in [9.17, 15) is 4.39 Å². The Kier molecular flexibility index (Phi) is 3.31. The highest BCUT2D eigenvalue weighted by Crippen LogP contribution is 2.49. The minimum Gasteiger partial charge on any atom is -0.370 e. The van der Waals surface area contributed by atoms with Gasteiger partial charge in [0.15, 0.2) is 5.96 Å². The molecule has 4 heteroatoms. The van der Waals surface area contributed by atoms with E-state index >= 15 is 0 Å². The predicted octanol–water partition coefficient (Wildman–Crippen LogP) is 1.78. The average Bonchev–Trinajstić information content (AvgIpc) is 3.09. The van der Waals surface area contributed by atoms with Crippen LogP contribution in [0.2, 0.25) is 0 Å². The van der Waals surface area contributed by atoms with Gasteiger partial charge in [-0.1, -0.05) is 18.2 Å². The van der Waals surface area contributed by atoms with Gasteiger partial charge < -0.3 is 11.1 Å². The molecule has 1 fully saturated rings. The third-order valence-electron chi connectivity index (χ3n) is 3.21. The first kappa shape index (κ1) is 11.9. The fourth-order valence-electron chi connectivity index (χ4n) is 2.03. The Labute approximate surface area is 101 Å². The summed E-state index contributed by atoms with van der Waals surface area (Å²) >= 11 is 0. The Hall–Kier alpha value is -1.58. The lowest BCUT2D eigenvalue weighted by molar-refractivity contribution is 0.573. The van der Waals surface area contributed by atoms with Crippen LogP contribution in [-0.4, -0.2) is 19.0 Å². The first-order valence-electron chi connectivity index (χ1n) is 5.97. The molecule has 3 N–H and O–H groups in total. The highest BCUT2D eigenvalue weighted by Gasteiger charge is 2.45. The topological polar surface area (TPSA) is 50.4 Å². The number of aliphatic imine (C=N–C) groups is 1. The van der Waals surface area contributed by atoms with Gasteiger partial charge in [0.2, 0.25) is 0 Å². The molecule has 1 aliphatic carbocycles. The Morgan fingerprint density at radius 3 is 2.76 bits per heavy atom. The fourth-order valence-corrected chi connectivity index (χ4v) is 2.03. The normalized spacial score (nSPS) is 17.9. The van der Waals surface area contributed by atoms with Gasteiger partial charge in [-0.05, 0) is 31.4 Å². The molecule has 0 radical (unpaired) electrons. The molecule has 1 aliphatic rings. The number of nitrogens with one attached hydrogen (secondary N) is 1. The van der Waals surface area contributed by atoms with Crippen molar-refractivity contribution in [1.29, 1.82) is 0 Å². The minimum atomic E-state index is -0.137. The van der Waals surface area contributed by atoms with Gasteiger partial charge in [-0.25, -0.2) is 4.39 Å². The molecule has 1 saturated carbocycles. The smallest absolute Gasteiger partial charge is 0.188 e. The predicted molar refractivity (Wildman–Crippen MR) is 67.5 cm³/mol. The molecule has 2 rings (SSSR count). The highest BCUT2D eigenvalue weighted by molar-refractivity contribution is 5.77. The first-order valence-corrected chi connectivity index (χ1v) is 5.97. The van der Waals surface area contributed by atoms with E-state index in [1.54, 1.807) is 6.07 Å². The van der Waals surface area contributed by atoms with E-state index in [4.69, 9.17) is 5.73 Å². The lowest BCUT2D eigenvalue weighted by atomic mass is 9.95. The van der Waals surface area contributed by atoms with Crippen LogP contribution >= 0.6 is 0 Å². The van der Waals surface area contributed by atoms with Gasteiger partial charge >= 0.3 is 0 Å². The number of guanidine groups is 1. The molecule has 0 atom stereocenters. The van der Waals surface area contributed by atoms with Crippen LogP contribution in [0.25, 0.3) is 0 Å². The Balaban J connectivity index is 2.11. The van der Waals surface area contributed by atoms with Crippen molar-refractivity contribution in [3.63, 3.8) is 0 Å². The van der Waals surface area contributed by atoms with E-state index in [-0.39, 0.29) is 11.2 Å². The molecule has 0 spiro atoms. The number of rotatable bonds is 4. The van der Waals surface area contributed by atoms with Crippen molar-refractivity contribution in [2.45, 2.75) is 25.2 Å². The standard InChI is InChI=1S/C13H18FN3/c1-2-16-12(15)17-9-13(7-8-13)10-5-3-4-6-11(10)14/h3-6H,2,7-9H2,1H3,(H3,15,16,17). The number of halogens is 1. The summed E-state index contributed by atoms with van der Waals surface area (Å²) in [5, 5.41) is 2.95. The third-order valence-corrected chi connectivity index (χ3v) is 3.21. The number of benzene rings is 1. The summed E-state index contributed by atoms with van der Waals surface area (Å²) in [7, 11) is 0. The Bertz CT molecular complexity index is 424. The quantitative estimate of drug-likeness (QED) is 0.617. The van der Waals surface area contributed by atoms with Crippen LogP contribution in [0.1, 0.15) is 25.3 Å². The molecule has 1 aromatic carbocycles. The largest absolute Gasteiger partial charge is 0.370 e. The van der Waals surface area contributed by atoms with E-state index in [0.717, 1.165) is 24.9 Å². The Morgan fingerprint density at radius 1 is 1.47 bits per heavy atom. The molecule has 1 aromatic rings. The summed E-state index contributed by atoms with van der Waals surface area (Å²) in [6, 6.07) is 6.94. The van der Waals surface area contributed by atoms with Gasteiger partial charge in [0, 0.05) is 12.0 Å². The third kappa shape index (κ3) is 2.57. The zero-order chi connectivity index (χ0) is 12.3. The lowest BCUT2D eigenvalue weighted by Crippen LogP contribution is -2.32. The second kappa shape index (κ2) is 4.73. The molecular weight excluding hydrogens is 217 g/mol. The molecule has 3 nitrogen and oxygen atoms in total. The molecule has 92 valence electrons. The Morgan fingerprint density at radius 2 is 2.18 bits per heavy atom. The van der Waals surface area contributed by atoms with E-state index in [0.29, 0.717) is 12.5 Å². The molecular formula is C13H18FN3. The molecule has 0 aliphatic heterocycles. The van der Waals surface area contributed by atoms with Crippen LogP contribution in [0.5, 0.6) is 0 Å². The summed E-state index contributed by atoms with van der Waals surface area (Å²) in [6.45, 7) is 3.28. The zero-order valence-electron chi connectivity index (χ0n) is 10.0. The summed E-state index contributed by atoms with van der Waals surface area (Å²) in [5.74, 6) is 0.303. The molecule has 0 aromatic heterocycles. The minimum absolute atomic E-state index is 0.120. The van der Waals surface area contributed by atoms with Crippen LogP contribution in [0.4, 0.5) is 4.39 Å². The van der Waals surface area contributed by atoms with Crippen LogP contribution in [0.15, 0.2) is 29.3 Å². The van der Waals surface area contributed by atoms with Crippen molar-refractivity contribution in [3.8, 4) is 0 Å². The van der Waals surface area contributed by atoms with Gasteiger partial charge in [-0.15, -0.1) is 0 Å². The van der Waals surface area contributed by atoms with Crippen LogP contribution in [0.3, 0.4) is 0 Å². The average molecular weight is 235 g/mol. The molecule has 0 saturated heterocycles. The van der Waals surface area contributed by atoms with Gasteiger partial charge in [0.25, 0.3) is 0 Å². The van der Waals surface area contributed by atoms with Crippen LogP contribution in [0, 0.1) is 5.82 Å². The lowest BCUT2D eigenvalue weighted by Gasteiger charge is -2.14. The van der Waals surface area contributed by atoms with Gasteiger partial charge in [-0.2, -0.15) is 0 Å². The maximum absolute atomic E-state index is 13.7. The second-order valence-corrected chi connectivity index (χ2v) is 4.49. The molecule has 17 heavy (non-hydrogen) atoms. The molecule has 0 bridgehead atoms. The van der Waals surface area contributed by atoms with Gasteiger partial charge in [0.05, 0.1) is 6.54 Å². The van der Waals surface area contributed by atoms with Crippen molar-refractivity contribution in [2.75, 3.05) is 13.1 Å². The molecule has 0 amide bonds. The zero-order valence-corrected chi connectivity index (χ0v) is 10.0.